The van der Waals surface area contributed by atoms with Crippen LogP contribution in [0.15, 0.2) is 0 Å². The lowest BCUT2D eigenvalue weighted by atomic mass is 10.2. The molecule has 0 amide bonds. The number of ether oxygens (including phenoxy) is 1. The summed E-state index contributed by atoms with van der Waals surface area (Å²) in [5, 5.41) is 0. The van der Waals surface area contributed by atoms with Crippen LogP contribution >= 0.6 is 0 Å². The molecule has 0 heterocycles. The minimum Gasteiger partial charge on any atom is -0.380 e. The molecule has 0 fully saturated rings. The van der Waals surface area contributed by atoms with E-state index < -0.39 is 0 Å². The Labute approximate surface area is 62.7 Å². The Hall–Kier alpha value is -0.120. The van der Waals surface area contributed by atoms with Crippen LogP contribution in [0.2, 0.25) is 0 Å². The highest BCUT2D eigenvalue weighted by atomic mass is 16.6. The highest BCUT2D eigenvalue weighted by Gasteiger charge is 1.91. The van der Waals surface area contributed by atoms with Gasteiger partial charge in [0.15, 0.2) is 0 Å². The topological polar surface area (TPSA) is 30.5 Å². The van der Waals surface area contributed by atoms with E-state index >= 15 is 0 Å². The first-order valence-electron chi connectivity index (χ1n) is 3.61. The van der Waals surface area contributed by atoms with E-state index in [1.54, 1.807) is 7.11 Å². The monoisotopic (exact) mass is 147 g/mol. The van der Waals surface area contributed by atoms with Gasteiger partial charge in [0.2, 0.25) is 0 Å². The fourth-order valence-corrected chi connectivity index (χ4v) is 0.535. The number of rotatable bonds is 6. The Morgan fingerprint density at radius 3 is 2.60 bits per heavy atom. The van der Waals surface area contributed by atoms with Crippen molar-refractivity contribution < 1.29 is 9.57 Å². The maximum Gasteiger partial charge on any atom is 0.0614 e. The van der Waals surface area contributed by atoms with Gasteiger partial charge in [-0.15, -0.1) is 0 Å². The maximum absolute atomic E-state index is 5.25. The van der Waals surface area contributed by atoms with Gasteiger partial charge in [-0.1, -0.05) is 13.8 Å². The Kier molecular flexibility index (Phi) is 6.91. The van der Waals surface area contributed by atoms with Gasteiger partial charge in [-0.3, -0.25) is 0 Å². The molecule has 0 aromatic heterocycles. The molecule has 10 heavy (non-hydrogen) atoms. The summed E-state index contributed by atoms with van der Waals surface area (Å²) in [5.41, 5.74) is 2.70. The quantitative estimate of drug-likeness (QED) is 0.445. The highest BCUT2D eigenvalue weighted by Crippen LogP contribution is 1.90. The molecule has 3 nitrogen and oxygen atoms in total. The summed E-state index contributed by atoms with van der Waals surface area (Å²) >= 11 is 0. The number of nitrogens with one attached hydrogen (secondary N) is 1. The molecule has 0 atom stereocenters. The summed E-state index contributed by atoms with van der Waals surface area (Å²) in [5.74, 6) is 0.613. The zero-order valence-electron chi connectivity index (χ0n) is 7.02. The van der Waals surface area contributed by atoms with Gasteiger partial charge in [-0.05, 0) is 5.92 Å². The van der Waals surface area contributed by atoms with Gasteiger partial charge in [0, 0.05) is 13.2 Å². The van der Waals surface area contributed by atoms with Crippen LogP contribution in [0.3, 0.4) is 0 Å². The van der Waals surface area contributed by atoms with E-state index in [1.165, 1.54) is 0 Å². The van der Waals surface area contributed by atoms with E-state index in [0.717, 1.165) is 13.2 Å². The lowest BCUT2D eigenvalue weighted by Crippen LogP contribution is -2.19. The summed E-state index contributed by atoms with van der Waals surface area (Å²) in [6.45, 7) is 6.55. The number of hydrogen-bond acceptors (Lipinski definition) is 3. The van der Waals surface area contributed by atoms with Crippen molar-refractivity contribution in [2.45, 2.75) is 13.8 Å². The minimum absolute atomic E-state index is 0.613. The minimum atomic E-state index is 0.613. The average molecular weight is 147 g/mol. The first-order chi connectivity index (χ1) is 4.77. The molecule has 0 spiro atoms. The number of hydroxylamine groups is 1. The smallest absolute Gasteiger partial charge is 0.0614 e. The zero-order chi connectivity index (χ0) is 7.82. The van der Waals surface area contributed by atoms with E-state index in [1.807, 2.05) is 0 Å². The summed E-state index contributed by atoms with van der Waals surface area (Å²) in [4.78, 5) is 4.62. The molecule has 62 valence electrons. The van der Waals surface area contributed by atoms with Gasteiger partial charge >= 0.3 is 0 Å². The highest BCUT2D eigenvalue weighted by molar-refractivity contribution is 4.39. The molecule has 1 N–H and O–H groups in total. The third-order valence-corrected chi connectivity index (χ3v) is 0.944. The van der Waals surface area contributed by atoms with Crippen molar-refractivity contribution in [3.8, 4) is 0 Å². The molecule has 0 radical (unpaired) electrons. The molecule has 0 saturated heterocycles. The maximum atomic E-state index is 5.25. The van der Waals surface area contributed by atoms with Crippen molar-refractivity contribution >= 4 is 0 Å². The van der Waals surface area contributed by atoms with Crippen LogP contribution in [0.25, 0.3) is 0 Å². The second kappa shape index (κ2) is 6.99. The Bertz CT molecular complexity index is 66.6. The van der Waals surface area contributed by atoms with E-state index in [9.17, 15) is 0 Å². The summed E-state index contributed by atoms with van der Waals surface area (Å²) in [7, 11) is 1.60. The first-order valence-corrected chi connectivity index (χ1v) is 3.61. The second-order valence-corrected chi connectivity index (χ2v) is 2.57. The van der Waals surface area contributed by atoms with Crippen LogP contribution < -0.4 is 5.48 Å². The van der Waals surface area contributed by atoms with Gasteiger partial charge in [0.1, 0.15) is 0 Å². The molecule has 0 saturated carbocycles. The van der Waals surface area contributed by atoms with Crippen molar-refractivity contribution in [2.75, 3.05) is 26.9 Å². The molecule has 3 heteroatoms. The molecule has 0 aliphatic rings. The van der Waals surface area contributed by atoms with Crippen LogP contribution in [0, 0.1) is 5.92 Å². The van der Waals surface area contributed by atoms with Gasteiger partial charge in [-0.25, -0.2) is 5.48 Å². The molecule has 0 aromatic rings. The van der Waals surface area contributed by atoms with E-state index in [4.69, 9.17) is 4.74 Å². The van der Waals surface area contributed by atoms with Crippen molar-refractivity contribution in [3.05, 3.63) is 0 Å². The predicted molar refractivity (Wildman–Crippen MR) is 40.7 cm³/mol. The van der Waals surface area contributed by atoms with Crippen LogP contribution in [0.5, 0.6) is 0 Å². The van der Waals surface area contributed by atoms with E-state index in [2.05, 4.69) is 24.2 Å². The Balaban J connectivity index is 2.77. The molecule has 0 rings (SSSR count). The summed E-state index contributed by atoms with van der Waals surface area (Å²) in [6, 6.07) is 0. The fraction of sp³-hybridized carbons (Fsp3) is 1.00. The molecular formula is C7H17NO2. The summed E-state index contributed by atoms with van der Waals surface area (Å²) in [6.07, 6.45) is 0. The molecule has 0 bridgehead atoms. The van der Waals surface area contributed by atoms with Crippen LogP contribution in [0.1, 0.15) is 13.8 Å². The lowest BCUT2D eigenvalue weighted by molar-refractivity contribution is 0.0484. The predicted octanol–water partition coefficient (Wildman–Crippen LogP) is 0.810. The normalized spacial score (nSPS) is 10.8. The van der Waals surface area contributed by atoms with Crippen molar-refractivity contribution in [1.29, 1.82) is 0 Å². The molecule has 0 aromatic carbocycles. The van der Waals surface area contributed by atoms with Crippen LogP contribution in [0.4, 0.5) is 0 Å². The van der Waals surface area contributed by atoms with Crippen molar-refractivity contribution in [1.82, 2.24) is 5.48 Å². The molecular weight excluding hydrogens is 130 g/mol. The Morgan fingerprint density at radius 1 is 1.40 bits per heavy atom. The first kappa shape index (κ1) is 9.88. The SMILES string of the molecule is CONCCOCC(C)C. The van der Waals surface area contributed by atoms with E-state index in [-0.39, 0.29) is 0 Å². The van der Waals surface area contributed by atoms with Crippen LogP contribution in [-0.4, -0.2) is 26.9 Å². The fourth-order valence-electron chi connectivity index (χ4n) is 0.535. The second-order valence-electron chi connectivity index (χ2n) is 2.57. The Morgan fingerprint density at radius 2 is 2.10 bits per heavy atom. The lowest BCUT2D eigenvalue weighted by Gasteiger charge is -2.05. The molecule has 0 aliphatic carbocycles. The molecule has 0 aliphatic heterocycles. The van der Waals surface area contributed by atoms with Crippen LogP contribution in [-0.2, 0) is 9.57 Å². The van der Waals surface area contributed by atoms with Gasteiger partial charge in [0.05, 0.1) is 13.7 Å². The van der Waals surface area contributed by atoms with Gasteiger partial charge in [0.25, 0.3) is 0 Å². The van der Waals surface area contributed by atoms with Crippen molar-refractivity contribution in [2.24, 2.45) is 5.92 Å². The molecule has 0 unspecified atom stereocenters. The van der Waals surface area contributed by atoms with Crippen molar-refractivity contribution in [3.63, 3.8) is 0 Å². The summed E-state index contributed by atoms with van der Waals surface area (Å²) < 4.78 is 5.25. The zero-order valence-corrected chi connectivity index (χ0v) is 7.02. The largest absolute Gasteiger partial charge is 0.380 e. The standard InChI is InChI=1S/C7H17NO2/c1-7(2)6-10-5-4-8-9-3/h7-8H,4-6H2,1-3H3. The number of hydrogen-bond donors (Lipinski definition) is 1. The van der Waals surface area contributed by atoms with Gasteiger partial charge < -0.3 is 9.57 Å². The average Bonchev–Trinajstić information content (AvgIpc) is 1.87. The van der Waals surface area contributed by atoms with Gasteiger partial charge in [-0.2, -0.15) is 0 Å². The third-order valence-electron chi connectivity index (χ3n) is 0.944. The third kappa shape index (κ3) is 7.88. The van der Waals surface area contributed by atoms with E-state index in [0.29, 0.717) is 12.5 Å².